The van der Waals surface area contributed by atoms with Crippen molar-refractivity contribution < 1.29 is 9.18 Å². The summed E-state index contributed by atoms with van der Waals surface area (Å²) in [7, 11) is 0. The normalized spacial score (nSPS) is 32.8. The second-order valence-electron chi connectivity index (χ2n) is 8.02. The summed E-state index contributed by atoms with van der Waals surface area (Å²) < 4.78 is 13.0. The Morgan fingerprint density at radius 3 is 2.56 bits per heavy atom. The quantitative estimate of drug-likeness (QED) is 0.914. The van der Waals surface area contributed by atoms with Crippen LogP contribution in [0.4, 0.5) is 4.39 Å². The molecule has 1 aromatic carbocycles. The Hall–Kier alpha value is -1.46. The number of amides is 1. The number of nitrogens with zero attached hydrogens (tertiary/aromatic N) is 2. The highest BCUT2D eigenvalue weighted by Gasteiger charge is 2.50. The zero-order valence-electron chi connectivity index (χ0n) is 14.7. The van der Waals surface area contributed by atoms with Crippen LogP contribution in [0.25, 0.3) is 0 Å². The van der Waals surface area contributed by atoms with Crippen molar-refractivity contribution in [3.63, 3.8) is 0 Å². The second kappa shape index (κ2) is 7.04. The number of halogens is 1. The molecule has 4 nitrogen and oxygen atoms in total. The first-order valence-electron chi connectivity index (χ1n) is 9.63. The minimum Gasteiger partial charge on any atom is -0.341 e. The van der Waals surface area contributed by atoms with E-state index in [0.717, 1.165) is 51.1 Å². The highest BCUT2D eigenvalue weighted by Crippen LogP contribution is 2.48. The van der Waals surface area contributed by atoms with Crippen molar-refractivity contribution in [2.24, 2.45) is 23.5 Å². The van der Waals surface area contributed by atoms with E-state index < -0.39 is 0 Å². The van der Waals surface area contributed by atoms with Gasteiger partial charge in [0.1, 0.15) is 5.82 Å². The Morgan fingerprint density at radius 1 is 1.08 bits per heavy atom. The van der Waals surface area contributed by atoms with Crippen molar-refractivity contribution in [3.05, 3.63) is 35.6 Å². The predicted molar refractivity (Wildman–Crippen MR) is 95.2 cm³/mol. The maximum Gasteiger partial charge on any atom is 0.227 e. The molecular formula is C20H28FN3O. The Morgan fingerprint density at radius 2 is 1.84 bits per heavy atom. The van der Waals surface area contributed by atoms with Crippen molar-refractivity contribution in [2.45, 2.75) is 38.3 Å². The van der Waals surface area contributed by atoms with Gasteiger partial charge in [-0.15, -0.1) is 0 Å². The molecule has 3 aliphatic rings. The Labute approximate surface area is 149 Å². The zero-order valence-corrected chi connectivity index (χ0v) is 14.7. The molecule has 0 spiro atoms. The average molecular weight is 345 g/mol. The van der Waals surface area contributed by atoms with Gasteiger partial charge in [-0.3, -0.25) is 9.69 Å². The molecule has 0 radical (unpaired) electrons. The molecular weight excluding hydrogens is 317 g/mol. The van der Waals surface area contributed by atoms with Crippen LogP contribution in [-0.2, 0) is 11.3 Å². The number of fused-ring (bicyclic) bond motifs is 2. The van der Waals surface area contributed by atoms with E-state index in [1.165, 1.54) is 25.0 Å². The predicted octanol–water partition coefficient (Wildman–Crippen LogP) is 2.23. The van der Waals surface area contributed by atoms with Gasteiger partial charge in [0.2, 0.25) is 5.91 Å². The van der Waals surface area contributed by atoms with E-state index in [-0.39, 0.29) is 17.8 Å². The molecule has 1 aliphatic heterocycles. The third kappa shape index (κ3) is 3.44. The maximum atomic E-state index is 13.0. The van der Waals surface area contributed by atoms with E-state index in [1.54, 1.807) is 0 Å². The molecule has 4 unspecified atom stereocenters. The number of nitrogens with two attached hydrogens (primary N) is 1. The molecule has 3 fully saturated rings. The molecule has 136 valence electrons. The fraction of sp³-hybridized carbons (Fsp3) is 0.650. The number of benzene rings is 1. The summed E-state index contributed by atoms with van der Waals surface area (Å²) in [6.07, 6.45) is 4.53. The van der Waals surface area contributed by atoms with Gasteiger partial charge in [0, 0.05) is 38.8 Å². The minimum atomic E-state index is -0.196. The Kier molecular flexibility index (Phi) is 4.78. The fourth-order valence-corrected chi connectivity index (χ4v) is 5.11. The Balaban J connectivity index is 1.35. The molecule has 2 saturated carbocycles. The zero-order chi connectivity index (χ0) is 17.4. The van der Waals surface area contributed by atoms with Gasteiger partial charge in [-0.05, 0) is 55.2 Å². The molecule has 25 heavy (non-hydrogen) atoms. The van der Waals surface area contributed by atoms with E-state index in [2.05, 4.69) is 9.80 Å². The number of hydrogen-bond acceptors (Lipinski definition) is 3. The van der Waals surface area contributed by atoms with E-state index in [9.17, 15) is 9.18 Å². The van der Waals surface area contributed by atoms with Crippen LogP contribution in [0.15, 0.2) is 24.3 Å². The van der Waals surface area contributed by atoms with Gasteiger partial charge in [0.25, 0.3) is 0 Å². The molecule has 5 heteroatoms. The van der Waals surface area contributed by atoms with Crippen LogP contribution in [0.1, 0.15) is 31.2 Å². The van der Waals surface area contributed by atoms with Crippen LogP contribution in [0.3, 0.4) is 0 Å². The first-order chi connectivity index (χ1) is 12.1. The lowest BCUT2D eigenvalue weighted by molar-refractivity contribution is -0.137. The highest BCUT2D eigenvalue weighted by atomic mass is 19.1. The van der Waals surface area contributed by atoms with Crippen molar-refractivity contribution >= 4 is 5.91 Å². The molecule has 2 N–H and O–H groups in total. The third-order valence-electron chi connectivity index (χ3n) is 6.49. The van der Waals surface area contributed by atoms with Crippen molar-refractivity contribution in [1.82, 2.24) is 9.80 Å². The SMILES string of the molecule is NC1C2CCC(C2)C1C(=O)N1CCCN(Cc2ccc(F)cc2)CC1. The molecule has 1 amide bonds. The van der Waals surface area contributed by atoms with Crippen molar-refractivity contribution in [3.8, 4) is 0 Å². The number of rotatable bonds is 3. The van der Waals surface area contributed by atoms with Gasteiger partial charge in [0.05, 0.1) is 5.92 Å². The van der Waals surface area contributed by atoms with Crippen molar-refractivity contribution in [1.29, 1.82) is 0 Å². The fourth-order valence-electron chi connectivity index (χ4n) is 5.11. The van der Waals surface area contributed by atoms with E-state index in [1.807, 2.05) is 12.1 Å². The lowest BCUT2D eigenvalue weighted by Gasteiger charge is -2.32. The monoisotopic (exact) mass is 345 g/mol. The Bertz CT molecular complexity index is 618. The van der Waals surface area contributed by atoms with E-state index in [0.29, 0.717) is 17.7 Å². The van der Waals surface area contributed by atoms with Crippen LogP contribution in [0, 0.1) is 23.6 Å². The van der Waals surface area contributed by atoms with Crippen molar-refractivity contribution in [2.75, 3.05) is 26.2 Å². The lowest BCUT2D eigenvalue weighted by Crippen LogP contribution is -2.48. The summed E-state index contributed by atoms with van der Waals surface area (Å²) >= 11 is 0. The molecule has 4 atom stereocenters. The molecule has 1 saturated heterocycles. The summed E-state index contributed by atoms with van der Waals surface area (Å²) in [6.45, 7) is 4.28. The van der Waals surface area contributed by atoms with Gasteiger partial charge in [-0.2, -0.15) is 0 Å². The summed E-state index contributed by atoms with van der Waals surface area (Å²) in [4.78, 5) is 17.5. The summed E-state index contributed by atoms with van der Waals surface area (Å²) in [5.74, 6) is 1.25. The highest BCUT2D eigenvalue weighted by molar-refractivity contribution is 5.80. The minimum absolute atomic E-state index is 0.0578. The maximum absolute atomic E-state index is 13.0. The molecule has 0 aromatic heterocycles. The summed E-state index contributed by atoms with van der Waals surface area (Å²) in [5.41, 5.74) is 7.49. The van der Waals surface area contributed by atoms with Gasteiger partial charge in [-0.25, -0.2) is 4.39 Å². The van der Waals surface area contributed by atoms with Gasteiger partial charge >= 0.3 is 0 Å². The smallest absolute Gasteiger partial charge is 0.227 e. The van der Waals surface area contributed by atoms with Gasteiger partial charge in [-0.1, -0.05) is 12.1 Å². The largest absolute Gasteiger partial charge is 0.341 e. The number of carbonyl (C=O) groups excluding carboxylic acids is 1. The first kappa shape index (κ1) is 17.0. The molecule has 4 rings (SSSR count). The topological polar surface area (TPSA) is 49.6 Å². The molecule has 2 bridgehead atoms. The summed E-state index contributed by atoms with van der Waals surface area (Å²) in [5, 5.41) is 0. The number of hydrogen-bond donors (Lipinski definition) is 1. The third-order valence-corrected chi connectivity index (χ3v) is 6.49. The van der Waals surface area contributed by atoms with Gasteiger partial charge < -0.3 is 10.6 Å². The van der Waals surface area contributed by atoms with Gasteiger partial charge in [0.15, 0.2) is 0 Å². The van der Waals surface area contributed by atoms with E-state index >= 15 is 0 Å². The lowest BCUT2D eigenvalue weighted by atomic mass is 9.84. The number of carbonyl (C=O) groups is 1. The van der Waals surface area contributed by atoms with Crippen LogP contribution in [-0.4, -0.2) is 47.9 Å². The van der Waals surface area contributed by atoms with Crippen LogP contribution in [0.5, 0.6) is 0 Å². The molecule has 1 heterocycles. The van der Waals surface area contributed by atoms with Crippen LogP contribution >= 0.6 is 0 Å². The average Bonchev–Trinajstić information content (AvgIpc) is 3.11. The van der Waals surface area contributed by atoms with Crippen LogP contribution < -0.4 is 5.73 Å². The summed E-state index contributed by atoms with van der Waals surface area (Å²) in [6, 6.07) is 6.79. The molecule has 1 aromatic rings. The second-order valence-corrected chi connectivity index (χ2v) is 8.02. The van der Waals surface area contributed by atoms with E-state index in [4.69, 9.17) is 5.73 Å². The molecule has 2 aliphatic carbocycles. The van der Waals surface area contributed by atoms with Crippen LogP contribution in [0.2, 0.25) is 0 Å². The first-order valence-corrected chi connectivity index (χ1v) is 9.63. The standard InChI is InChI=1S/C20H28FN3O/c21-17-6-2-14(3-7-17)13-23-8-1-9-24(11-10-23)20(25)18-15-4-5-16(12-15)19(18)22/h2-3,6-7,15-16,18-19H,1,4-5,8-13,22H2.